The molecule has 0 aromatic heterocycles. The van der Waals surface area contributed by atoms with Crippen LogP contribution >= 0.6 is 31.9 Å². The van der Waals surface area contributed by atoms with Gasteiger partial charge in [0.2, 0.25) is 0 Å². The molecule has 0 heterocycles. The summed E-state index contributed by atoms with van der Waals surface area (Å²) in [5, 5.41) is 1.94. The van der Waals surface area contributed by atoms with Gasteiger partial charge < -0.3 is 4.74 Å². The van der Waals surface area contributed by atoms with Gasteiger partial charge in [-0.1, -0.05) is 40.2 Å². The van der Waals surface area contributed by atoms with Crippen LogP contribution in [0.1, 0.15) is 10.4 Å². The Morgan fingerprint density at radius 2 is 1.78 bits per heavy atom. The van der Waals surface area contributed by atoms with Gasteiger partial charge in [0, 0.05) is 4.47 Å². The molecule has 0 radical (unpaired) electrons. The van der Waals surface area contributed by atoms with Crippen LogP contribution < -0.4 is 15.6 Å². The normalized spacial score (nSPS) is 10.5. The van der Waals surface area contributed by atoms with Crippen LogP contribution in [0.3, 0.4) is 0 Å². The maximum absolute atomic E-state index is 13.5. The largest absolute Gasteiger partial charge is 0.483 e. The van der Waals surface area contributed by atoms with Crippen LogP contribution in [0.2, 0.25) is 0 Å². The molecule has 3 rings (SSSR count). The summed E-state index contributed by atoms with van der Waals surface area (Å²) in [4.78, 5) is 23.7. The Hall–Kier alpha value is -2.45. The van der Waals surface area contributed by atoms with Crippen molar-refractivity contribution in [3.63, 3.8) is 0 Å². The van der Waals surface area contributed by atoms with Crippen LogP contribution in [0.15, 0.2) is 63.5 Å². The lowest BCUT2D eigenvalue weighted by molar-refractivity contribution is -0.123. The number of halogens is 3. The molecule has 2 N–H and O–H groups in total. The van der Waals surface area contributed by atoms with Crippen LogP contribution in [0.25, 0.3) is 10.8 Å². The highest BCUT2D eigenvalue weighted by atomic mass is 79.9. The molecule has 8 heteroatoms. The number of fused-ring (bicyclic) bond motifs is 1. The summed E-state index contributed by atoms with van der Waals surface area (Å²) in [6, 6.07) is 14.9. The van der Waals surface area contributed by atoms with E-state index in [-0.39, 0.29) is 12.2 Å². The van der Waals surface area contributed by atoms with Crippen molar-refractivity contribution in [1.82, 2.24) is 10.9 Å². The highest BCUT2D eigenvalue weighted by molar-refractivity contribution is 9.11. The van der Waals surface area contributed by atoms with E-state index >= 15 is 0 Å². The molecule has 0 atom stereocenters. The van der Waals surface area contributed by atoms with E-state index in [4.69, 9.17) is 4.74 Å². The number of benzene rings is 3. The van der Waals surface area contributed by atoms with Gasteiger partial charge in [0.25, 0.3) is 11.8 Å². The van der Waals surface area contributed by atoms with Crippen LogP contribution in [0.4, 0.5) is 4.39 Å². The van der Waals surface area contributed by atoms with Gasteiger partial charge in [-0.25, -0.2) is 4.39 Å². The molecular formula is C19H13Br2FN2O3. The molecule has 5 nitrogen and oxygen atoms in total. The molecule has 0 fully saturated rings. The van der Waals surface area contributed by atoms with Gasteiger partial charge in [0.15, 0.2) is 6.61 Å². The molecule has 0 saturated carbocycles. The Morgan fingerprint density at radius 3 is 2.56 bits per heavy atom. The second-order valence-electron chi connectivity index (χ2n) is 5.51. The summed E-state index contributed by atoms with van der Waals surface area (Å²) in [6.07, 6.45) is 0. The molecule has 0 aliphatic carbocycles. The van der Waals surface area contributed by atoms with Crippen molar-refractivity contribution in [2.45, 2.75) is 0 Å². The third-order valence-electron chi connectivity index (χ3n) is 3.67. The monoisotopic (exact) mass is 494 g/mol. The summed E-state index contributed by atoms with van der Waals surface area (Å²) in [7, 11) is 0. The molecular weight excluding hydrogens is 483 g/mol. The predicted molar refractivity (Wildman–Crippen MR) is 107 cm³/mol. The zero-order valence-corrected chi connectivity index (χ0v) is 16.9. The van der Waals surface area contributed by atoms with Crippen molar-refractivity contribution in [3.8, 4) is 5.75 Å². The zero-order chi connectivity index (χ0) is 19.4. The SMILES string of the molecule is O=C(COc1ccc2cc(Br)ccc2c1Br)NNC(=O)c1ccccc1F. The number of rotatable bonds is 4. The van der Waals surface area contributed by atoms with Crippen LogP contribution in [-0.2, 0) is 4.79 Å². The van der Waals surface area contributed by atoms with Crippen molar-refractivity contribution in [1.29, 1.82) is 0 Å². The number of carbonyl (C=O) groups excluding carboxylic acids is 2. The minimum Gasteiger partial charge on any atom is -0.483 e. The first-order chi connectivity index (χ1) is 13.0. The van der Waals surface area contributed by atoms with E-state index in [0.29, 0.717) is 5.75 Å². The molecule has 0 aliphatic heterocycles. The molecule has 2 amide bonds. The van der Waals surface area contributed by atoms with E-state index in [1.165, 1.54) is 18.2 Å². The second-order valence-corrected chi connectivity index (χ2v) is 7.22. The fourth-order valence-corrected chi connectivity index (χ4v) is 3.36. The molecule has 0 bridgehead atoms. The molecule has 3 aromatic carbocycles. The predicted octanol–water partition coefficient (Wildman–Crippen LogP) is 4.34. The van der Waals surface area contributed by atoms with Gasteiger partial charge in [0.1, 0.15) is 11.6 Å². The standard InChI is InChI=1S/C19H13Br2FN2O3/c20-12-6-7-13-11(9-12)5-8-16(18(13)21)27-10-17(25)23-24-19(26)14-3-1-2-4-15(14)22/h1-9H,10H2,(H,23,25)(H,24,26). The van der Waals surface area contributed by atoms with Crippen LogP contribution in [0.5, 0.6) is 5.75 Å². The number of ether oxygens (including phenoxy) is 1. The van der Waals surface area contributed by atoms with E-state index in [2.05, 4.69) is 42.7 Å². The average molecular weight is 496 g/mol. The van der Waals surface area contributed by atoms with Crippen LogP contribution in [0, 0.1) is 5.82 Å². The van der Waals surface area contributed by atoms with Gasteiger partial charge in [-0.2, -0.15) is 0 Å². The lowest BCUT2D eigenvalue weighted by atomic mass is 10.1. The molecule has 0 spiro atoms. The minimum atomic E-state index is -0.751. The minimum absolute atomic E-state index is 0.165. The van der Waals surface area contributed by atoms with Gasteiger partial charge in [-0.05, 0) is 57.0 Å². The first-order valence-electron chi connectivity index (χ1n) is 7.80. The van der Waals surface area contributed by atoms with E-state index in [1.54, 1.807) is 6.07 Å². The molecule has 3 aromatic rings. The highest BCUT2D eigenvalue weighted by Crippen LogP contribution is 2.34. The lowest BCUT2D eigenvalue weighted by Gasteiger charge is -2.11. The summed E-state index contributed by atoms with van der Waals surface area (Å²) in [5.74, 6) is -1.52. The molecule has 138 valence electrons. The Bertz CT molecular complexity index is 1030. The average Bonchev–Trinajstić information content (AvgIpc) is 2.66. The number of nitrogens with one attached hydrogen (secondary N) is 2. The van der Waals surface area contributed by atoms with Crippen molar-refractivity contribution < 1.29 is 18.7 Å². The Morgan fingerprint density at radius 1 is 1.00 bits per heavy atom. The third-order valence-corrected chi connectivity index (χ3v) is 4.98. The molecule has 0 unspecified atom stereocenters. The quantitative estimate of drug-likeness (QED) is 0.529. The number of hydrogen-bond donors (Lipinski definition) is 2. The molecule has 27 heavy (non-hydrogen) atoms. The van der Waals surface area contributed by atoms with Gasteiger partial charge in [-0.15, -0.1) is 0 Å². The van der Waals surface area contributed by atoms with Crippen molar-refractivity contribution in [3.05, 3.63) is 74.9 Å². The van der Waals surface area contributed by atoms with E-state index in [1.807, 2.05) is 24.3 Å². The maximum atomic E-state index is 13.5. The Kier molecular flexibility index (Phi) is 6.08. The maximum Gasteiger partial charge on any atom is 0.276 e. The van der Waals surface area contributed by atoms with E-state index in [0.717, 1.165) is 25.8 Å². The van der Waals surface area contributed by atoms with Gasteiger partial charge >= 0.3 is 0 Å². The summed E-state index contributed by atoms with van der Waals surface area (Å²) < 4.78 is 20.7. The summed E-state index contributed by atoms with van der Waals surface area (Å²) in [5.41, 5.74) is 4.18. The molecule has 0 saturated heterocycles. The number of amides is 2. The second kappa shape index (κ2) is 8.49. The van der Waals surface area contributed by atoms with E-state index < -0.39 is 17.6 Å². The van der Waals surface area contributed by atoms with Crippen molar-refractivity contribution in [2.24, 2.45) is 0 Å². The number of hydrogen-bond acceptors (Lipinski definition) is 3. The third kappa shape index (κ3) is 4.64. The fraction of sp³-hybridized carbons (Fsp3) is 0.0526. The number of carbonyl (C=O) groups is 2. The first-order valence-corrected chi connectivity index (χ1v) is 9.38. The Labute approximate surface area is 171 Å². The van der Waals surface area contributed by atoms with Crippen LogP contribution in [-0.4, -0.2) is 18.4 Å². The van der Waals surface area contributed by atoms with Gasteiger partial charge in [-0.3, -0.25) is 20.4 Å². The summed E-state index contributed by atoms with van der Waals surface area (Å²) >= 11 is 6.89. The van der Waals surface area contributed by atoms with E-state index in [9.17, 15) is 14.0 Å². The number of hydrazine groups is 1. The zero-order valence-electron chi connectivity index (χ0n) is 13.8. The summed E-state index contributed by atoms with van der Waals surface area (Å²) in [6.45, 7) is -0.321. The lowest BCUT2D eigenvalue weighted by Crippen LogP contribution is -2.44. The van der Waals surface area contributed by atoms with Crippen molar-refractivity contribution >= 4 is 54.4 Å². The molecule has 0 aliphatic rings. The van der Waals surface area contributed by atoms with Gasteiger partial charge in [0.05, 0.1) is 10.0 Å². The van der Waals surface area contributed by atoms with Crippen molar-refractivity contribution in [2.75, 3.05) is 6.61 Å². The smallest absolute Gasteiger partial charge is 0.276 e. The topological polar surface area (TPSA) is 67.4 Å². The fourth-order valence-electron chi connectivity index (χ4n) is 2.37. The Balaban J connectivity index is 1.59. The highest BCUT2D eigenvalue weighted by Gasteiger charge is 2.13. The first kappa shape index (κ1) is 19.3.